The summed E-state index contributed by atoms with van der Waals surface area (Å²) in [6, 6.07) is -4.86. The molecule has 0 aliphatic rings. The zero-order valence-electron chi connectivity index (χ0n) is 52.8. The van der Waals surface area contributed by atoms with Crippen LogP contribution >= 0.6 is 0 Å². The number of amides is 7. The summed E-state index contributed by atoms with van der Waals surface area (Å²) in [4.78, 5) is 100. The van der Waals surface area contributed by atoms with Crippen molar-refractivity contribution in [2.75, 3.05) is 72.6 Å². The van der Waals surface area contributed by atoms with Gasteiger partial charge in [0.15, 0.2) is 24.7 Å². The summed E-state index contributed by atoms with van der Waals surface area (Å²) in [5.74, 6) is -3.09. The fraction of sp³-hybridized carbons (Fsp3) is 0.862. The van der Waals surface area contributed by atoms with E-state index in [1.807, 2.05) is 0 Å². The van der Waals surface area contributed by atoms with Gasteiger partial charge < -0.3 is 112 Å². The molecule has 0 bridgehead atoms. The van der Waals surface area contributed by atoms with Crippen LogP contribution in [0.15, 0.2) is 0 Å². The lowest BCUT2D eigenvalue weighted by atomic mass is 10.0. The molecule has 8 unspecified atom stereocenters. The molecule has 0 rings (SSSR count). The van der Waals surface area contributed by atoms with Gasteiger partial charge in [0.1, 0.15) is 42.5 Å². The van der Waals surface area contributed by atoms with Gasteiger partial charge in [-0.15, -0.1) is 0 Å². The molecule has 0 aromatic heterocycles. The first kappa shape index (κ1) is 83.4. The van der Waals surface area contributed by atoms with Crippen LogP contribution in [0.4, 0.5) is 0 Å². The molecule has 16 N–H and O–H groups in total. The van der Waals surface area contributed by atoms with Crippen LogP contribution in [-0.4, -0.2) is 251 Å². The minimum absolute atomic E-state index is 0.0184. The molecule has 0 heterocycles. The van der Waals surface area contributed by atoms with E-state index in [-0.39, 0.29) is 76.1 Å². The SMILES string of the molecule is CC(=O)N[C@@H](CO)C(OCCCCCC(=O)NCCCCC(NC(=O)C(CCCCNC(=O)CCCCCOC(OC(CO)[C@@H](C)O)[C@H](CO)NC(C)=O)NC(=O)CCCCCOC(OC(CO)[C@@H](C)O)[C@H](CO)NC(C)=O)C(C)=O)OC(CO)[C@@H](C)O. The van der Waals surface area contributed by atoms with Crippen molar-refractivity contribution in [1.82, 2.24) is 37.2 Å². The summed E-state index contributed by atoms with van der Waals surface area (Å²) >= 11 is 0. The third kappa shape index (κ3) is 40.2. The Kier molecular flexibility index (Phi) is 48.3. The maximum Gasteiger partial charge on any atom is 0.243 e. The van der Waals surface area contributed by atoms with Crippen molar-refractivity contribution in [3.63, 3.8) is 0 Å². The molecule has 88 heavy (non-hydrogen) atoms. The highest BCUT2D eigenvalue weighted by atomic mass is 16.7. The second-order valence-corrected chi connectivity index (χ2v) is 21.9. The van der Waals surface area contributed by atoms with E-state index < -0.39 is 155 Å². The number of ether oxygens (including phenoxy) is 6. The number of aliphatic hydroxyl groups excluding tert-OH is 9. The first-order chi connectivity index (χ1) is 41.9. The molecule has 0 fully saturated rings. The van der Waals surface area contributed by atoms with Gasteiger partial charge in [-0.1, -0.05) is 19.3 Å². The quantitative estimate of drug-likeness (QED) is 0.0223. The molecule has 0 spiro atoms. The Morgan fingerprint density at radius 2 is 0.682 bits per heavy atom. The first-order valence-corrected chi connectivity index (χ1v) is 30.8. The van der Waals surface area contributed by atoms with E-state index in [4.69, 9.17) is 28.4 Å². The Bertz CT molecular complexity index is 1930. The van der Waals surface area contributed by atoms with Gasteiger partial charge in [-0.25, -0.2) is 0 Å². The molecule has 0 radical (unpaired) electrons. The number of unbranched alkanes of at least 4 members (excludes halogenated alkanes) is 8. The van der Waals surface area contributed by atoms with Crippen molar-refractivity contribution >= 4 is 47.1 Å². The molecular formula is C58H109N7O23. The standard InChI is InChI=1S/C58H109N7O23/c1-37(72)44(21-14-16-26-59-52(79)23-11-8-18-28-83-56(46(31-66)61-41(5)76)86-49(34-69)38(2)73)65-55(82)45(64-54(81)25-13-10-20-30-85-58(48(33-68)63-43(7)78)88-51(36-71)40(4)75)22-15-17-27-60-53(80)24-12-9-19-29-84-57(47(32-67)62-42(6)77)87-50(35-70)39(3)74/h38-40,44-51,56-58,66-71,73-75H,8-36H2,1-7H3,(H,59,79)(H,60,80)(H,61,76)(H,62,77)(H,63,78)(H,64,81)(H,65,82)/t38-,39-,40-,44?,45?,46+,47+,48+,49?,50?,51?,56?,57?,58?/m1/s1. The monoisotopic (exact) mass is 1270 g/mol. The second kappa shape index (κ2) is 51.0. The van der Waals surface area contributed by atoms with Gasteiger partial charge in [0.05, 0.1) is 64.0 Å². The normalized spacial score (nSPS) is 16.4. The van der Waals surface area contributed by atoms with E-state index in [1.54, 1.807) is 0 Å². The lowest BCUT2D eigenvalue weighted by Crippen LogP contribution is -2.51. The summed E-state index contributed by atoms with van der Waals surface area (Å²) in [6.07, 6.45) is -2.83. The van der Waals surface area contributed by atoms with Crippen LogP contribution in [0.5, 0.6) is 0 Å². The van der Waals surface area contributed by atoms with Gasteiger partial charge in [-0.2, -0.15) is 0 Å². The van der Waals surface area contributed by atoms with Crippen LogP contribution in [0.1, 0.15) is 164 Å². The average molecular weight is 1270 g/mol. The number of Topliss-reactive ketones (excluding diaryl/α,β-unsaturated/α-hetero) is 1. The topological polar surface area (TPSA) is 458 Å². The largest absolute Gasteiger partial charge is 0.394 e. The number of carbonyl (C=O) groups excluding carboxylic acids is 8. The minimum Gasteiger partial charge on any atom is -0.394 e. The maximum absolute atomic E-state index is 13.8. The maximum atomic E-state index is 13.8. The average Bonchev–Trinajstić information content (AvgIpc) is 3.13. The number of carbonyl (C=O) groups is 8. The van der Waals surface area contributed by atoms with E-state index in [9.17, 15) is 84.3 Å². The molecule has 0 aromatic rings. The van der Waals surface area contributed by atoms with E-state index in [2.05, 4.69) is 37.2 Å². The third-order valence-corrected chi connectivity index (χ3v) is 13.8. The predicted molar refractivity (Wildman–Crippen MR) is 318 cm³/mol. The van der Waals surface area contributed by atoms with Crippen LogP contribution in [0.3, 0.4) is 0 Å². The van der Waals surface area contributed by atoms with Crippen molar-refractivity contribution in [3.05, 3.63) is 0 Å². The van der Waals surface area contributed by atoms with Gasteiger partial charge in [-0.05, 0) is 105 Å². The Hall–Kier alpha value is -4.64. The highest BCUT2D eigenvalue weighted by Gasteiger charge is 2.32. The Morgan fingerprint density at radius 3 is 0.966 bits per heavy atom. The number of rotatable bonds is 56. The Balaban J connectivity index is 5.50. The van der Waals surface area contributed by atoms with Crippen molar-refractivity contribution in [2.24, 2.45) is 0 Å². The molecule has 30 nitrogen and oxygen atoms in total. The zero-order chi connectivity index (χ0) is 66.4. The third-order valence-electron chi connectivity index (χ3n) is 13.8. The van der Waals surface area contributed by atoms with Crippen LogP contribution < -0.4 is 37.2 Å². The smallest absolute Gasteiger partial charge is 0.243 e. The second-order valence-electron chi connectivity index (χ2n) is 21.9. The van der Waals surface area contributed by atoms with E-state index >= 15 is 0 Å². The highest BCUT2D eigenvalue weighted by Crippen LogP contribution is 2.16. The van der Waals surface area contributed by atoms with Crippen LogP contribution in [0.25, 0.3) is 0 Å². The number of ketones is 1. The zero-order valence-corrected chi connectivity index (χ0v) is 52.8. The van der Waals surface area contributed by atoms with Gasteiger partial charge in [0.25, 0.3) is 0 Å². The van der Waals surface area contributed by atoms with Crippen LogP contribution in [0.2, 0.25) is 0 Å². The predicted octanol–water partition coefficient (Wildman–Crippen LogP) is -2.41. The molecule has 0 aliphatic heterocycles. The summed E-state index contributed by atoms with van der Waals surface area (Å²) < 4.78 is 34.3. The number of nitrogens with one attached hydrogen (secondary N) is 7. The molecular weight excluding hydrogens is 1160 g/mol. The summed E-state index contributed by atoms with van der Waals surface area (Å²) in [5, 5.41) is 107. The minimum atomic E-state index is -1.22. The fourth-order valence-electron chi connectivity index (χ4n) is 8.63. The van der Waals surface area contributed by atoms with E-state index in [1.165, 1.54) is 48.5 Å². The van der Waals surface area contributed by atoms with Gasteiger partial charge in [-0.3, -0.25) is 38.4 Å². The fourth-order valence-corrected chi connectivity index (χ4v) is 8.63. The van der Waals surface area contributed by atoms with Crippen LogP contribution in [0, 0.1) is 0 Å². The van der Waals surface area contributed by atoms with Gasteiger partial charge in [0, 0.05) is 72.9 Å². The molecule has 0 aliphatic carbocycles. The molecule has 0 saturated heterocycles. The van der Waals surface area contributed by atoms with E-state index in [0.29, 0.717) is 90.0 Å². The summed E-state index contributed by atoms with van der Waals surface area (Å²) in [6.45, 7) is 7.02. The summed E-state index contributed by atoms with van der Waals surface area (Å²) in [7, 11) is 0. The number of aliphatic hydroxyl groups is 9. The molecule has 514 valence electrons. The van der Waals surface area contributed by atoms with Gasteiger partial charge in [0.2, 0.25) is 41.4 Å². The first-order valence-electron chi connectivity index (χ1n) is 30.8. The van der Waals surface area contributed by atoms with E-state index in [0.717, 1.165) is 0 Å². The van der Waals surface area contributed by atoms with Crippen molar-refractivity contribution in [2.45, 2.75) is 250 Å². The summed E-state index contributed by atoms with van der Waals surface area (Å²) in [5.41, 5.74) is 0. The van der Waals surface area contributed by atoms with Crippen molar-refractivity contribution in [3.8, 4) is 0 Å². The Labute approximate surface area is 518 Å². The number of hydrogen-bond donors (Lipinski definition) is 16. The number of hydrogen-bond acceptors (Lipinski definition) is 23. The van der Waals surface area contributed by atoms with Crippen molar-refractivity contribution in [1.29, 1.82) is 0 Å². The van der Waals surface area contributed by atoms with Gasteiger partial charge >= 0.3 is 0 Å². The molecule has 7 amide bonds. The molecule has 0 saturated carbocycles. The lowest BCUT2D eigenvalue weighted by Gasteiger charge is -2.30. The molecule has 14 atom stereocenters. The molecule has 30 heteroatoms. The lowest BCUT2D eigenvalue weighted by molar-refractivity contribution is -0.214. The Morgan fingerprint density at radius 1 is 0.364 bits per heavy atom. The van der Waals surface area contributed by atoms with Crippen LogP contribution in [-0.2, 0) is 66.8 Å². The molecule has 0 aromatic carbocycles. The highest BCUT2D eigenvalue weighted by molar-refractivity contribution is 5.92. The van der Waals surface area contributed by atoms with Crippen molar-refractivity contribution < 1.29 is 113 Å².